The van der Waals surface area contributed by atoms with Crippen molar-refractivity contribution in [2.45, 2.75) is 39.2 Å². The van der Waals surface area contributed by atoms with E-state index in [0.29, 0.717) is 6.61 Å². The lowest BCUT2D eigenvalue weighted by Crippen LogP contribution is -2.31. The molecule has 1 aromatic carbocycles. The van der Waals surface area contributed by atoms with Gasteiger partial charge in [-0.2, -0.15) is 0 Å². The monoisotopic (exact) mass is 236 g/mol. The Morgan fingerprint density at radius 2 is 2.12 bits per heavy atom. The van der Waals surface area contributed by atoms with Crippen molar-refractivity contribution < 1.29 is 4.74 Å². The van der Waals surface area contributed by atoms with E-state index >= 15 is 0 Å². The molecule has 1 aromatic rings. The van der Waals surface area contributed by atoms with Crippen LogP contribution < -0.4 is 11.3 Å². The van der Waals surface area contributed by atoms with Crippen molar-refractivity contribution in [3.63, 3.8) is 0 Å². The van der Waals surface area contributed by atoms with Crippen LogP contribution in [0.1, 0.15) is 43.9 Å². The molecule has 0 aliphatic rings. The lowest BCUT2D eigenvalue weighted by molar-refractivity contribution is 0.112. The first-order chi connectivity index (χ1) is 8.31. The van der Waals surface area contributed by atoms with Gasteiger partial charge in [-0.15, -0.1) is 0 Å². The summed E-state index contributed by atoms with van der Waals surface area (Å²) in [6, 6.07) is 8.64. The number of hydrogen-bond donors (Lipinski definition) is 2. The number of aryl methyl sites for hydroxylation is 1. The largest absolute Gasteiger partial charge is 0.379 e. The summed E-state index contributed by atoms with van der Waals surface area (Å²) in [6.07, 6.45) is 3.31. The molecule has 1 unspecified atom stereocenters. The van der Waals surface area contributed by atoms with Crippen LogP contribution in [-0.2, 0) is 11.2 Å². The molecule has 96 valence electrons. The van der Waals surface area contributed by atoms with Crippen molar-refractivity contribution in [1.82, 2.24) is 5.43 Å². The van der Waals surface area contributed by atoms with Gasteiger partial charge in [0.2, 0.25) is 0 Å². The summed E-state index contributed by atoms with van der Waals surface area (Å²) in [5, 5.41) is 0. The second-order valence-electron chi connectivity index (χ2n) is 4.29. The second-order valence-corrected chi connectivity index (χ2v) is 4.29. The molecule has 0 amide bonds. The summed E-state index contributed by atoms with van der Waals surface area (Å²) in [4.78, 5) is 0. The van der Waals surface area contributed by atoms with E-state index in [9.17, 15) is 0 Å². The van der Waals surface area contributed by atoms with E-state index in [-0.39, 0.29) is 6.04 Å². The van der Waals surface area contributed by atoms with Crippen molar-refractivity contribution in [3.8, 4) is 0 Å². The molecule has 0 aliphatic heterocycles. The average molecular weight is 236 g/mol. The second kappa shape index (κ2) is 8.23. The molecule has 0 saturated carbocycles. The molecule has 0 aliphatic carbocycles. The molecular weight excluding hydrogens is 212 g/mol. The van der Waals surface area contributed by atoms with Crippen LogP contribution in [0.25, 0.3) is 0 Å². The zero-order valence-corrected chi connectivity index (χ0v) is 10.9. The van der Waals surface area contributed by atoms with Crippen molar-refractivity contribution in [2.75, 3.05) is 13.2 Å². The van der Waals surface area contributed by atoms with Crippen LogP contribution in [0.15, 0.2) is 24.3 Å². The van der Waals surface area contributed by atoms with Crippen LogP contribution in [-0.4, -0.2) is 13.2 Å². The minimum atomic E-state index is 0.0818. The molecule has 0 fully saturated rings. The number of nitrogens with two attached hydrogens (primary N) is 1. The minimum absolute atomic E-state index is 0.0818. The fraction of sp³-hybridized carbons (Fsp3) is 0.571. The zero-order chi connectivity index (χ0) is 12.5. The number of ether oxygens (including phenoxy) is 1. The number of nitrogens with one attached hydrogen (secondary N) is 1. The highest BCUT2D eigenvalue weighted by atomic mass is 16.5. The fourth-order valence-corrected chi connectivity index (χ4v) is 1.84. The lowest BCUT2D eigenvalue weighted by Gasteiger charge is -2.17. The maximum Gasteiger partial charge on any atom is 0.0694 e. The molecule has 0 bridgehead atoms. The molecule has 1 atom stereocenters. The Morgan fingerprint density at radius 3 is 2.76 bits per heavy atom. The van der Waals surface area contributed by atoms with Gasteiger partial charge < -0.3 is 4.74 Å². The first-order valence-corrected chi connectivity index (χ1v) is 6.44. The Morgan fingerprint density at radius 1 is 1.29 bits per heavy atom. The van der Waals surface area contributed by atoms with Crippen molar-refractivity contribution >= 4 is 0 Å². The van der Waals surface area contributed by atoms with Gasteiger partial charge in [0.05, 0.1) is 12.6 Å². The van der Waals surface area contributed by atoms with E-state index in [4.69, 9.17) is 10.6 Å². The maximum absolute atomic E-state index is 5.58. The van der Waals surface area contributed by atoms with Crippen LogP contribution >= 0.6 is 0 Å². The van der Waals surface area contributed by atoms with Crippen LogP contribution in [0.2, 0.25) is 0 Å². The third-order valence-corrected chi connectivity index (χ3v) is 2.73. The Bertz CT molecular complexity index is 315. The molecule has 3 nitrogen and oxygen atoms in total. The molecule has 0 spiro atoms. The van der Waals surface area contributed by atoms with Gasteiger partial charge in [-0.05, 0) is 24.0 Å². The van der Waals surface area contributed by atoms with Gasteiger partial charge in [-0.1, -0.05) is 44.5 Å². The smallest absolute Gasteiger partial charge is 0.0694 e. The van der Waals surface area contributed by atoms with Crippen LogP contribution in [0.3, 0.4) is 0 Å². The lowest BCUT2D eigenvalue weighted by atomic mass is 10.0. The van der Waals surface area contributed by atoms with Crippen molar-refractivity contribution in [3.05, 3.63) is 35.4 Å². The highest BCUT2D eigenvalue weighted by molar-refractivity contribution is 5.26. The topological polar surface area (TPSA) is 47.3 Å². The molecule has 0 saturated heterocycles. The average Bonchev–Trinajstić information content (AvgIpc) is 2.35. The molecule has 0 radical (unpaired) electrons. The molecule has 0 aromatic heterocycles. The predicted molar refractivity (Wildman–Crippen MR) is 71.6 cm³/mol. The quantitative estimate of drug-likeness (QED) is 0.414. The van der Waals surface area contributed by atoms with Gasteiger partial charge in [0.15, 0.2) is 0 Å². The molecule has 3 N–H and O–H groups in total. The third-order valence-electron chi connectivity index (χ3n) is 2.73. The van der Waals surface area contributed by atoms with Crippen molar-refractivity contribution in [2.24, 2.45) is 5.84 Å². The Labute approximate surface area is 104 Å². The van der Waals surface area contributed by atoms with Crippen LogP contribution in [0.5, 0.6) is 0 Å². The standard InChI is InChI=1S/C14H24N2O/c1-3-6-12-7-5-8-13(10-12)14(16-15)11-17-9-4-2/h5,7-8,10,14,16H,3-4,6,9,11,15H2,1-2H3. The molecular formula is C14H24N2O. The number of hydrazine groups is 1. The Hall–Kier alpha value is -0.900. The Kier molecular flexibility index (Phi) is 6.86. The van der Waals surface area contributed by atoms with Gasteiger partial charge in [-0.3, -0.25) is 11.3 Å². The summed E-state index contributed by atoms with van der Waals surface area (Å²) < 4.78 is 5.55. The maximum atomic E-state index is 5.58. The summed E-state index contributed by atoms with van der Waals surface area (Å²) >= 11 is 0. The summed E-state index contributed by atoms with van der Waals surface area (Å²) in [5.41, 5.74) is 5.39. The fourth-order valence-electron chi connectivity index (χ4n) is 1.84. The SMILES string of the molecule is CCCOCC(NN)c1cccc(CCC)c1. The van der Waals surface area contributed by atoms with E-state index in [1.165, 1.54) is 11.1 Å². The van der Waals surface area contributed by atoms with Gasteiger partial charge in [0.1, 0.15) is 0 Å². The van der Waals surface area contributed by atoms with Gasteiger partial charge in [0.25, 0.3) is 0 Å². The van der Waals surface area contributed by atoms with Crippen LogP contribution in [0, 0.1) is 0 Å². The summed E-state index contributed by atoms with van der Waals surface area (Å²) in [6.45, 7) is 5.70. The number of rotatable bonds is 8. The summed E-state index contributed by atoms with van der Waals surface area (Å²) in [5.74, 6) is 5.58. The number of hydrogen-bond acceptors (Lipinski definition) is 3. The Balaban J connectivity index is 2.63. The minimum Gasteiger partial charge on any atom is -0.379 e. The van der Waals surface area contributed by atoms with Crippen molar-refractivity contribution in [1.29, 1.82) is 0 Å². The summed E-state index contributed by atoms with van der Waals surface area (Å²) in [7, 11) is 0. The van der Waals surface area contributed by atoms with Gasteiger partial charge >= 0.3 is 0 Å². The van der Waals surface area contributed by atoms with E-state index in [2.05, 4.69) is 43.5 Å². The highest BCUT2D eigenvalue weighted by Gasteiger charge is 2.09. The van der Waals surface area contributed by atoms with Crippen LogP contribution in [0.4, 0.5) is 0 Å². The molecule has 1 rings (SSSR count). The van der Waals surface area contributed by atoms with Gasteiger partial charge in [0, 0.05) is 6.61 Å². The first kappa shape index (κ1) is 14.2. The van der Waals surface area contributed by atoms with E-state index in [0.717, 1.165) is 25.9 Å². The molecule has 17 heavy (non-hydrogen) atoms. The molecule has 3 heteroatoms. The van der Waals surface area contributed by atoms with E-state index in [1.54, 1.807) is 0 Å². The normalized spacial score (nSPS) is 12.6. The zero-order valence-electron chi connectivity index (χ0n) is 10.9. The first-order valence-electron chi connectivity index (χ1n) is 6.44. The predicted octanol–water partition coefficient (Wildman–Crippen LogP) is 2.57. The molecule has 0 heterocycles. The van der Waals surface area contributed by atoms with Gasteiger partial charge in [-0.25, -0.2) is 0 Å². The number of benzene rings is 1. The van der Waals surface area contributed by atoms with E-state index < -0.39 is 0 Å². The third kappa shape index (κ3) is 4.86. The highest BCUT2D eigenvalue weighted by Crippen LogP contribution is 2.15. The van der Waals surface area contributed by atoms with E-state index in [1.807, 2.05) is 0 Å².